The number of nitrogens with one attached hydrogen (secondary N) is 1. The van der Waals surface area contributed by atoms with Crippen LogP contribution in [0.15, 0.2) is 41.4 Å². The van der Waals surface area contributed by atoms with Crippen molar-refractivity contribution in [2.45, 2.75) is 11.8 Å². The number of nitrogens with zero attached hydrogens (tertiary/aromatic N) is 1. The van der Waals surface area contributed by atoms with Gasteiger partial charge < -0.3 is 0 Å². The zero-order valence-electron chi connectivity index (χ0n) is 9.89. The van der Waals surface area contributed by atoms with Crippen molar-refractivity contribution in [1.29, 1.82) is 0 Å². The van der Waals surface area contributed by atoms with Crippen LogP contribution in [0.25, 0.3) is 0 Å². The predicted molar refractivity (Wildman–Crippen MR) is 76.2 cm³/mol. The quantitative estimate of drug-likeness (QED) is 0.942. The Bertz CT molecular complexity index is 700. The SMILES string of the molecule is Cc1ccc(NS(=O)(=O)c2ccc(Cl)cc2Cl)nc1. The molecule has 0 spiro atoms. The minimum Gasteiger partial charge on any atom is -0.263 e. The largest absolute Gasteiger partial charge is 0.264 e. The van der Waals surface area contributed by atoms with E-state index in [1.807, 2.05) is 6.92 Å². The zero-order valence-corrected chi connectivity index (χ0v) is 12.2. The van der Waals surface area contributed by atoms with Gasteiger partial charge >= 0.3 is 0 Å². The molecule has 4 nitrogen and oxygen atoms in total. The summed E-state index contributed by atoms with van der Waals surface area (Å²) in [4.78, 5) is 3.94. The van der Waals surface area contributed by atoms with Crippen LogP contribution >= 0.6 is 23.2 Å². The second-order valence-electron chi connectivity index (χ2n) is 3.90. The van der Waals surface area contributed by atoms with E-state index in [4.69, 9.17) is 23.2 Å². The van der Waals surface area contributed by atoms with Crippen LogP contribution in [0.4, 0.5) is 5.82 Å². The second kappa shape index (κ2) is 5.36. The normalized spacial score (nSPS) is 11.3. The van der Waals surface area contributed by atoms with Gasteiger partial charge in [0.2, 0.25) is 0 Å². The van der Waals surface area contributed by atoms with Gasteiger partial charge in [0.25, 0.3) is 10.0 Å². The summed E-state index contributed by atoms with van der Waals surface area (Å²) in [5.74, 6) is 0.233. The van der Waals surface area contributed by atoms with Gasteiger partial charge in [0.05, 0.1) is 5.02 Å². The number of hydrogen-bond donors (Lipinski definition) is 1. The third kappa shape index (κ3) is 3.37. The minimum absolute atomic E-state index is 0.0408. The molecule has 0 amide bonds. The van der Waals surface area contributed by atoms with Gasteiger partial charge in [-0.3, -0.25) is 4.72 Å². The highest BCUT2D eigenvalue weighted by Gasteiger charge is 2.18. The Morgan fingerprint density at radius 3 is 2.47 bits per heavy atom. The Morgan fingerprint density at radius 1 is 1.16 bits per heavy atom. The van der Waals surface area contributed by atoms with Crippen molar-refractivity contribution in [2.75, 3.05) is 4.72 Å². The van der Waals surface area contributed by atoms with E-state index in [0.29, 0.717) is 5.02 Å². The Kier molecular flexibility index (Phi) is 3.99. The molecule has 0 aliphatic rings. The first-order chi connectivity index (χ1) is 8.88. The van der Waals surface area contributed by atoms with Crippen molar-refractivity contribution in [3.8, 4) is 0 Å². The molecule has 0 saturated heterocycles. The van der Waals surface area contributed by atoms with E-state index in [9.17, 15) is 8.42 Å². The number of hydrogen-bond acceptors (Lipinski definition) is 3. The second-order valence-corrected chi connectivity index (χ2v) is 6.40. The molecule has 0 aliphatic heterocycles. The maximum Gasteiger partial charge on any atom is 0.264 e. The Hall–Kier alpha value is -1.30. The molecule has 2 rings (SSSR count). The molecule has 0 radical (unpaired) electrons. The lowest BCUT2D eigenvalue weighted by Crippen LogP contribution is -2.14. The lowest BCUT2D eigenvalue weighted by Gasteiger charge is -2.09. The molecule has 0 fully saturated rings. The van der Waals surface area contributed by atoms with E-state index in [0.717, 1.165) is 5.56 Å². The van der Waals surface area contributed by atoms with Crippen LogP contribution in [-0.2, 0) is 10.0 Å². The number of halogens is 2. The summed E-state index contributed by atoms with van der Waals surface area (Å²) >= 11 is 11.6. The fraction of sp³-hybridized carbons (Fsp3) is 0.0833. The number of sulfonamides is 1. The first-order valence-electron chi connectivity index (χ1n) is 5.29. The van der Waals surface area contributed by atoms with Crippen LogP contribution in [0.1, 0.15) is 5.56 Å². The average Bonchev–Trinajstić information content (AvgIpc) is 2.31. The molecule has 1 N–H and O–H groups in total. The number of benzene rings is 1. The number of rotatable bonds is 3. The maximum absolute atomic E-state index is 12.1. The zero-order chi connectivity index (χ0) is 14.0. The summed E-state index contributed by atoms with van der Waals surface area (Å²) in [6.45, 7) is 1.86. The number of aryl methyl sites for hydroxylation is 1. The molecular formula is C12H10Cl2N2O2S. The van der Waals surface area contributed by atoms with Gasteiger partial charge in [0, 0.05) is 11.2 Å². The Balaban J connectivity index is 2.35. The van der Waals surface area contributed by atoms with Crippen LogP contribution in [0.2, 0.25) is 10.0 Å². The van der Waals surface area contributed by atoms with Crippen molar-refractivity contribution in [3.63, 3.8) is 0 Å². The fourth-order valence-electron chi connectivity index (χ4n) is 1.41. The highest BCUT2D eigenvalue weighted by atomic mass is 35.5. The van der Waals surface area contributed by atoms with Crippen molar-refractivity contribution in [2.24, 2.45) is 0 Å². The van der Waals surface area contributed by atoms with Gasteiger partial charge in [-0.1, -0.05) is 29.3 Å². The lowest BCUT2D eigenvalue weighted by molar-refractivity contribution is 0.601. The predicted octanol–water partition coefficient (Wildman–Crippen LogP) is 3.50. The van der Waals surface area contributed by atoms with Crippen LogP contribution in [0.3, 0.4) is 0 Å². The van der Waals surface area contributed by atoms with Gasteiger partial charge in [0.15, 0.2) is 0 Å². The van der Waals surface area contributed by atoms with Crippen molar-refractivity contribution in [3.05, 3.63) is 52.1 Å². The Labute approximate surface area is 121 Å². The highest BCUT2D eigenvalue weighted by Crippen LogP contribution is 2.26. The van der Waals surface area contributed by atoms with Gasteiger partial charge in [-0.2, -0.15) is 0 Å². The molecule has 7 heteroatoms. The van der Waals surface area contributed by atoms with E-state index < -0.39 is 10.0 Å². The topological polar surface area (TPSA) is 59.1 Å². The molecule has 0 bridgehead atoms. The molecule has 2 aromatic rings. The summed E-state index contributed by atoms with van der Waals surface area (Å²) in [6, 6.07) is 7.52. The van der Waals surface area contributed by atoms with Crippen LogP contribution in [-0.4, -0.2) is 13.4 Å². The third-order valence-electron chi connectivity index (χ3n) is 2.33. The minimum atomic E-state index is -3.78. The molecule has 0 aliphatic carbocycles. The average molecular weight is 317 g/mol. The summed E-state index contributed by atoms with van der Waals surface area (Å²) in [6.07, 6.45) is 1.57. The van der Waals surface area contributed by atoms with Gasteiger partial charge in [-0.05, 0) is 36.8 Å². The van der Waals surface area contributed by atoms with Crippen LogP contribution < -0.4 is 4.72 Å². The van der Waals surface area contributed by atoms with Gasteiger partial charge in [-0.15, -0.1) is 0 Å². The molecule has 0 atom stereocenters. The molecule has 19 heavy (non-hydrogen) atoms. The standard InChI is InChI=1S/C12H10Cl2N2O2S/c1-8-2-5-12(15-7-8)16-19(17,18)11-4-3-9(13)6-10(11)14/h2-7H,1H3,(H,15,16). The van der Waals surface area contributed by atoms with E-state index in [2.05, 4.69) is 9.71 Å². The van der Waals surface area contributed by atoms with Crippen LogP contribution in [0, 0.1) is 6.92 Å². The van der Waals surface area contributed by atoms with E-state index in [1.165, 1.54) is 18.2 Å². The molecule has 1 aromatic carbocycles. The summed E-state index contributed by atoms with van der Waals surface area (Å²) < 4.78 is 26.6. The number of pyridine rings is 1. The van der Waals surface area contributed by atoms with Crippen molar-refractivity contribution < 1.29 is 8.42 Å². The molecule has 1 heterocycles. The fourth-order valence-corrected chi connectivity index (χ4v) is 3.20. The lowest BCUT2D eigenvalue weighted by atomic mass is 10.3. The van der Waals surface area contributed by atoms with Gasteiger partial charge in [0.1, 0.15) is 10.7 Å². The Morgan fingerprint density at radius 2 is 1.89 bits per heavy atom. The maximum atomic E-state index is 12.1. The van der Waals surface area contributed by atoms with Crippen molar-refractivity contribution >= 4 is 39.0 Å². The number of aromatic nitrogens is 1. The summed E-state index contributed by atoms with van der Waals surface area (Å²) in [5, 5.41) is 0.435. The molecule has 0 unspecified atom stereocenters. The molecule has 1 aromatic heterocycles. The monoisotopic (exact) mass is 316 g/mol. The van der Waals surface area contributed by atoms with Crippen molar-refractivity contribution in [1.82, 2.24) is 4.98 Å². The summed E-state index contributed by atoms with van der Waals surface area (Å²) in [5.41, 5.74) is 0.937. The molecule has 100 valence electrons. The van der Waals surface area contributed by atoms with E-state index >= 15 is 0 Å². The molecule has 0 saturated carbocycles. The molecular weight excluding hydrogens is 307 g/mol. The first-order valence-corrected chi connectivity index (χ1v) is 7.53. The van der Waals surface area contributed by atoms with Gasteiger partial charge in [-0.25, -0.2) is 13.4 Å². The first kappa shape index (κ1) is 14.1. The van der Waals surface area contributed by atoms with E-state index in [1.54, 1.807) is 18.3 Å². The summed E-state index contributed by atoms with van der Waals surface area (Å²) in [7, 11) is -3.78. The highest BCUT2D eigenvalue weighted by molar-refractivity contribution is 7.92. The third-order valence-corrected chi connectivity index (χ3v) is 4.41. The van der Waals surface area contributed by atoms with Crippen LogP contribution in [0.5, 0.6) is 0 Å². The van der Waals surface area contributed by atoms with E-state index in [-0.39, 0.29) is 15.7 Å². The smallest absolute Gasteiger partial charge is 0.263 e. The number of anilines is 1.